The highest BCUT2D eigenvalue weighted by Crippen LogP contribution is 2.47. The smallest absolute Gasteiger partial charge is 0.327 e. The van der Waals surface area contributed by atoms with Gasteiger partial charge in [-0.3, -0.25) is 0 Å². The van der Waals surface area contributed by atoms with Gasteiger partial charge >= 0.3 is 6.18 Å². The maximum Gasteiger partial charge on any atom is 0.416 e. The van der Waals surface area contributed by atoms with Crippen LogP contribution in [0.15, 0.2) is 18.2 Å². The lowest BCUT2D eigenvalue weighted by molar-refractivity contribution is -0.138. The van der Waals surface area contributed by atoms with Gasteiger partial charge in [-0.15, -0.1) is 0 Å². The molecule has 15 heavy (non-hydrogen) atoms. The highest BCUT2D eigenvalue weighted by atomic mass is 35.5. The second-order valence-corrected chi connectivity index (χ2v) is 4.11. The van der Waals surface area contributed by atoms with Gasteiger partial charge in [0.05, 0.1) is 5.56 Å². The Kier molecular flexibility index (Phi) is 2.43. The fourth-order valence-electron chi connectivity index (χ4n) is 1.71. The van der Waals surface area contributed by atoms with E-state index < -0.39 is 11.7 Å². The number of alkyl halides is 3. The van der Waals surface area contributed by atoms with Crippen molar-refractivity contribution >= 4 is 11.6 Å². The van der Waals surface area contributed by atoms with Gasteiger partial charge in [-0.1, -0.05) is 17.7 Å². The molecule has 2 atom stereocenters. The van der Waals surface area contributed by atoms with Crippen molar-refractivity contribution in [3.63, 3.8) is 0 Å². The van der Waals surface area contributed by atoms with Crippen molar-refractivity contribution in [1.29, 1.82) is 0 Å². The minimum absolute atomic E-state index is 0.152. The van der Waals surface area contributed by atoms with E-state index in [0.29, 0.717) is 6.42 Å². The van der Waals surface area contributed by atoms with Gasteiger partial charge in [0.2, 0.25) is 0 Å². The van der Waals surface area contributed by atoms with Crippen LogP contribution in [0.3, 0.4) is 0 Å². The summed E-state index contributed by atoms with van der Waals surface area (Å²) in [5.41, 5.74) is 5.05. The fourth-order valence-corrected chi connectivity index (χ4v) is 2.02. The molecule has 82 valence electrons. The summed E-state index contributed by atoms with van der Waals surface area (Å²) >= 11 is 5.78. The van der Waals surface area contributed by atoms with Gasteiger partial charge < -0.3 is 5.73 Å². The van der Waals surface area contributed by atoms with Gasteiger partial charge in [0.25, 0.3) is 0 Å². The molecule has 1 aliphatic rings. The molecule has 1 saturated carbocycles. The monoisotopic (exact) mass is 235 g/mol. The molecule has 0 spiro atoms. The Morgan fingerprint density at radius 2 is 1.93 bits per heavy atom. The molecule has 0 radical (unpaired) electrons. The number of hydrogen-bond acceptors (Lipinski definition) is 1. The SMILES string of the molecule is N[C@@H]1C[C@H]1c1c(Cl)cccc1C(F)(F)F. The third-order valence-corrected chi connectivity index (χ3v) is 2.90. The molecular weight excluding hydrogens is 227 g/mol. The van der Waals surface area contributed by atoms with Gasteiger partial charge in [0.15, 0.2) is 0 Å². The van der Waals surface area contributed by atoms with Crippen LogP contribution in [0.1, 0.15) is 23.5 Å². The van der Waals surface area contributed by atoms with Crippen LogP contribution in [0.25, 0.3) is 0 Å². The van der Waals surface area contributed by atoms with Crippen molar-refractivity contribution in [2.75, 3.05) is 0 Å². The van der Waals surface area contributed by atoms with Crippen LogP contribution in [0.5, 0.6) is 0 Å². The van der Waals surface area contributed by atoms with Crippen LogP contribution in [0.2, 0.25) is 5.02 Å². The second-order valence-electron chi connectivity index (χ2n) is 3.70. The molecule has 1 aromatic carbocycles. The molecule has 1 aliphatic carbocycles. The third kappa shape index (κ3) is 1.96. The van der Waals surface area contributed by atoms with Crippen molar-refractivity contribution < 1.29 is 13.2 Å². The van der Waals surface area contributed by atoms with Crippen molar-refractivity contribution in [3.05, 3.63) is 34.3 Å². The molecule has 0 amide bonds. The van der Waals surface area contributed by atoms with Crippen LogP contribution < -0.4 is 5.73 Å². The lowest BCUT2D eigenvalue weighted by atomic mass is 10.0. The number of benzene rings is 1. The molecule has 0 unspecified atom stereocenters. The number of rotatable bonds is 1. The topological polar surface area (TPSA) is 26.0 Å². The Morgan fingerprint density at radius 3 is 2.40 bits per heavy atom. The van der Waals surface area contributed by atoms with Crippen LogP contribution in [0.4, 0.5) is 13.2 Å². The molecule has 0 saturated heterocycles. The molecular formula is C10H9ClF3N. The summed E-state index contributed by atoms with van der Waals surface area (Å²) in [4.78, 5) is 0. The van der Waals surface area contributed by atoms with E-state index in [1.54, 1.807) is 0 Å². The molecule has 2 N–H and O–H groups in total. The quantitative estimate of drug-likeness (QED) is 0.795. The molecule has 0 bridgehead atoms. The summed E-state index contributed by atoms with van der Waals surface area (Å²) in [7, 11) is 0. The van der Waals surface area contributed by atoms with Gasteiger partial charge in [0, 0.05) is 17.0 Å². The van der Waals surface area contributed by atoms with Crippen LogP contribution in [-0.2, 0) is 6.18 Å². The molecule has 0 aliphatic heterocycles. The first-order chi connectivity index (χ1) is 6.91. The van der Waals surface area contributed by atoms with Gasteiger partial charge in [-0.05, 0) is 24.1 Å². The summed E-state index contributed by atoms with van der Waals surface area (Å²) < 4.78 is 37.9. The maximum atomic E-state index is 12.6. The standard InChI is InChI=1S/C10H9ClF3N/c11-7-3-1-2-6(10(12,13)14)9(7)5-4-8(5)15/h1-3,5,8H,4,15H2/t5-,8-/m1/s1. The van der Waals surface area contributed by atoms with Crippen LogP contribution in [-0.4, -0.2) is 6.04 Å². The first-order valence-electron chi connectivity index (χ1n) is 4.52. The fraction of sp³-hybridized carbons (Fsp3) is 0.400. The van der Waals surface area contributed by atoms with E-state index in [1.165, 1.54) is 12.1 Å². The number of hydrogen-bond donors (Lipinski definition) is 1. The first-order valence-corrected chi connectivity index (χ1v) is 4.90. The summed E-state index contributed by atoms with van der Waals surface area (Å²) in [6.07, 6.45) is -3.78. The maximum absolute atomic E-state index is 12.6. The Hall–Kier alpha value is -0.740. The predicted octanol–water partition coefficient (Wildman–Crippen LogP) is 3.17. The van der Waals surface area contributed by atoms with Gasteiger partial charge in [-0.2, -0.15) is 13.2 Å². The summed E-state index contributed by atoms with van der Waals surface area (Å²) in [5.74, 6) is -0.240. The first kappa shape index (κ1) is 10.8. The molecule has 1 fully saturated rings. The lowest BCUT2D eigenvalue weighted by Gasteiger charge is -2.13. The molecule has 5 heteroatoms. The van der Waals surface area contributed by atoms with E-state index in [2.05, 4.69) is 0 Å². The molecule has 1 aromatic rings. The van der Waals surface area contributed by atoms with Crippen molar-refractivity contribution in [1.82, 2.24) is 0 Å². The van der Waals surface area contributed by atoms with E-state index >= 15 is 0 Å². The second kappa shape index (κ2) is 3.39. The van der Waals surface area contributed by atoms with Crippen molar-refractivity contribution in [2.24, 2.45) is 5.73 Å². The zero-order valence-electron chi connectivity index (χ0n) is 7.68. The third-order valence-electron chi connectivity index (χ3n) is 2.57. The van der Waals surface area contributed by atoms with E-state index in [1.807, 2.05) is 0 Å². The van der Waals surface area contributed by atoms with E-state index in [0.717, 1.165) is 6.07 Å². The van der Waals surface area contributed by atoms with E-state index in [4.69, 9.17) is 17.3 Å². The lowest BCUT2D eigenvalue weighted by Crippen LogP contribution is -2.11. The van der Waals surface area contributed by atoms with Gasteiger partial charge in [-0.25, -0.2) is 0 Å². The van der Waals surface area contributed by atoms with Crippen molar-refractivity contribution in [3.8, 4) is 0 Å². The predicted molar refractivity (Wildman–Crippen MR) is 51.8 cm³/mol. The number of halogens is 4. The summed E-state index contributed by atoms with van der Waals surface area (Å²) in [5, 5.41) is 0.155. The molecule has 2 rings (SSSR count). The largest absolute Gasteiger partial charge is 0.416 e. The van der Waals surface area contributed by atoms with Crippen LogP contribution in [0, 0.1) is 0 Å². The highest BCUT2D eigenvalue weighted by Gasteiger charge is 2.43. The molecule has 0 aromatic heterocycles. The van der Waals surface area contributed by atoms with E-state index in [-0.39, 0.29) is 22.5 Å². The average molecular weight is 236 g/mol. The zero-order chi connectivity index (χ0) is 11.2. The minimum atomic E-state index is -4.36. The zero-order valence-corrected chi connectivity index (χ0v) is 8.44. The number of nitrogens with two attached hydrogens (primary N) is 1. The minimum Gasteiger partial charge on any atom is -0.327 e. The highest BCUT2D eigenvalue weighted by molar-refractivity contribution is 6.31. The Labute approximate surface area is 90.0 Å². The Balaban J connectivity index is 2.50. The Morgan fingerprint density at radius 1 is 1.33 bits per heavy atom. The molecule has 0 heterocycles. The van der Waals surface area contributed by atoms with Gasteiger partial charge in [0.1, 0.15) is 0 Å². The summed E-state index contributed by atoms with van der Waals surface area (Å²) in [6, 6.07) is 3.64. The van der Waals surface area contributed by atoms with Crippen molar-refractivity contribution in [2.45, 2.75) is 24.6 Å². The molecule has 1 nitrogen and oxygen atoms in total. The van der Waals surface area contributed by atoms with Crippen LogP contribution >= 0.6 is 11.6 Å². The average Bonchev–Trinajstić information content (AvgIpc) is 2.80. The van der Waals surface area contributed by atoms with E-state index in [9.17, 15) is 13.2 Å². The Bertz CT molecular complexity index is 389. The normalized spacial score (nSPS) is 25.4. The summed E-state index contributed by atoms with van der Waals surface area (Å²) in [6.45, 7) is 0.